The van der Waals surface area contributed by atoms with E-state index in [1.807, 2.05) is 12.1 Å². The number of allylic oxidation sites excluding steroid dienone is 1. The number of fused-ring (bicyclic) bond motifs is 1. The van der Waals surface area contributed by atoms with Crippen molar-refractivity contribution in [1.29, 1.82) is 0 Å². The van der Waals surface area contributed by atoms with Crippen LogP contribution in [0.2, 0.25) is 0 Å². The molecule has 2 aliphatic carbocycles. The van der Waals surface area contributed by atoms with E-state index in [4.69, 9.17) is 5.11 Å². The first-order chi connectivity index (χ1) is 10.2. The zero-order chi connectivity index (χ0) is 14.8. The molecular weight excluding hydrogens is 260 g/mol. The van der Waals surface area contributed by atoms with E-state index in [-0.39, 0.29) is 0 Å². The highest BCUT2D eigenvalue weighted by molar-refractivity contribution is 5.87. The highest BCUT2D eigenvalue weighted by Crippen LogP contribution is 2.47. The summed E-state index contributed by atoms with van der Waals surface area (Å²) in [7, 11) is 0. The largest absolute Gasteiger partial charge is 0.478 e. The van der Waals surface area contributed by atoms with Crippen molar-refractivity contribution in [3.8, 4) is 0 Å². The van der Waals surface area contributed by atoms with Gasteiger partial charge in [0.15, 0.2) is 0 Å². The van der Waals surface area contributed by atoms with Gasteiger partial charge >= 0.3 is 5.97 Å². The van der Waals surface area contributed by atoms with Gasteiger partial charge in [0.1, 0.15) is 0 Å². The van der Waals surface area contributed by atoms with E-state index < -0.39 is 5.97 Å². The summed E-state index contributed by atoms with van der Waals surface area (Å²) < 4.78 is 0. The van der Waals surface area contributed by atoms with E-state index in [1.165, 1.54) is 44.1 Å². The summed E-state index contributed by atoms with van der Waals surface area (Å²) in [6, 6.07) is 7.53. The van der Waals surface area contributed by atoms with Crippen LogP contribution in [0.25, 0.3) is 0 Å². The molecule has 2 fully saturated rings. The van der Waals surface area contributed by atoms with Crippen LogP contribution in [0.4, 0.5) is 0 Å². The molecule has 2 saturated carbocycles. The maximum absolute atomic E-state index is 10.9. The molecule has 0 amide bonds. The summed E-state index contributed by atoms with van der Waals surface area (Å²) in [5, 5.41) is 8.98. The molecule has 2 heteroatoms. The molecule has 0 heterocycles. The Morgan fingerprint density at radius 1 is 1.05 bits per heavy atom. The maximum atomic E-state index is 10.9. The molecular formula is C19H24O2. The molecule has 2 aliphatic rings. The summed E-state index contributed by atoms with van der Waals surface area (Å²) in [5.41, 5.74) is 1.71. The molecule has 1 aromatic rings. The smallest absolute Gasteiger partial charge is 0.335 e. The minimum absolute atomic E-state index is 0.388. The first-order valence-electron chi connectivity index (χ1n) is 8.13. The van der Waals surface area contributed by atoms with E-state index >= 15 is 0 Å². The van der Waals surface area contributed by atoms with Crippen molar-refractivity contribution in [3.05, 3.63) is 48.0 Å². The first kappa shape index (κ1) is 14.4. The molecule has 1 N–H and O–H groups in total. The van der Waals surface area contributed by atoms with Gasteiger partial charge in [0.25, 0.3) is 0 Å². The standard InChI is InChI=1S/C19H24O2/c1-2-13-3-4-18-12-17(10-9-16(18)11-13)14-5-7-15(8-6-14)19(20)21/h2,5-8,13,16-18H,1,3-4,9-12H2,(H,20,21). The predicted octanol–water partition coefficient (Wildman–Crippen LogP) is 4.87. The first-order valence-corrected chi connectivity index (χ1v) is 8.13. The van der Waals surface area contributed by atoms with E-state index in [0.29, 0.717) is 11.5 Å². The molecule has 21 heavy (non-hydrogen) atoms. The Kier molecular flexibility index (Phi) is 4.14. The number of hydrogen-bond donors (Lipinski definition) is 1. The van der Waals surface area contributed by atoms with Crippen molar-refractivity contribution in [3.63, 3.8) is 0 Å². The van der Waals surface area contributed by atoms with Gasteiger partial charge in [-0.15, -0.1) is 6.58 Å². The predicted molar refractivity (Wildman–Crippen MR) is 84.5 cm³/mol. The SMILES string of the molecule is C=CC1CCC2CC(c3ccc(C(=O)O)cc3)CCC2C1. The van der Waals surface area contributed by atoms with Crippen LogP contribution in [0.1, 0.15) is 60.4 Å². The lowest BCUT2D eigenvalue weighted by molar-refractivity contribution is 0.0697. The van der Waals surface area contributed by atoms with Crippen molar-refractivity contribution in [2.75, 3.05) is 0 Å². The van der Waals surface area contributed by atoms with Crippen LogP contribution in [0.3, 0.4) is 0 Å². The average molecular weight is 284 g/mol. The second kappa shape index (κ2) is 6.05. The van der Waals surface area contributed by atoms with Gasteiger partial charge in [-0.2, -0.15) is 0 Å². The van der Waals surface area contributed by atoms with Crippen molar-refractivity contribution in [2.24, 2.45) is 17.8 Å². The van der Waals surface area contributed by atoms with Gasteiger partial charge in [-0.1, -0.05) is 18.2 Å². The van der Waals surface area contributed by atoms with Crippen molar-refractivity contribution in [1.82, 2.24) is 0 Å². The second-order valence-electron chi connectivity index (χ2n) is 6.77. The minimum atomic E-state index is -0.840. The van der Waals surface area contributed by atoms with Gasteiger partial charge in [-0.3, -0.25) is 0 Å². The van der Waals surface area contributed by atoms with Gasteiger partial charge in [0.05, 0.1) is 5.56 Å². The average Bonchev–Trinajstić information content (AvgIpc) is 2.54. The van der Waals surface area contributed by atoms with Crippen LogP contribution in [0.5, 0.6) is 0 Å². The molecule has 112 valence electrons. The number of carbonyl (C=O) groups is 1. The third kappa shape index (κ3) is 3.04. The lowest BCUT2D eigenvalue weighted by Crippen LogP contribution is -2.29. The molecule has 3 rings (SSSR count). The van der Waals surface area contributed by atoms with Gasteiger partial charge in [0, 0.05) is 0 Å². The van der Waals surface area contributed by atoms with Crippen LogP contribution in [-0.4, -0.2) is 11.1 Å². The van der Waals surface area contributed by atoms with Gasteiger partial charge in [-0.05, 0) is 79.9 Å². The zero-order valence-corrected chi connectivity index (χ0v) is 12.5. The van der Waals surface area contributed by atoms with Gasteiger partial charge < -0.3 is 5.11 Å². The fraction of sp³-hybridized carbons (Fsp3) is 0.526. The lowest BCUT2D eigenvalue weighted by atomic mass is 9.64. The van der Waals surface area contributed by atoms with Gasteiger partial charge in [-0.25, -0.2) is 4.79 Å². The Morgan fingerprint density at radius 2 is 1.71 bits per heavy atom. The fourth-order valence-corrected chi connectivity index (χ4v) is 4.34. The molecule has 0 aromatic heterocycles. The third-order valence-corrected chi connectivity index (χ3v) is 5.62. The Morgan fingerprint density at radius 3 is 2.38 bits per heavy atom. The van der Waals surface area contributed by atoms with Crippen molar-refractivity contribution >= 4 is 5.97 Å². The Hall–Kier alpha value is -1.57. The van der Waals surface area contributed by atoms with E-state index in [1.54, 1.807) is 12.1 Å². The van der Waals surface area contributed by atoms with Crippen molar-refractivity contribution in [2.45, 2.75) is 44.4 Å². The van der Waals surface area contributed by atoms with Crippen LogP contribution in [0, 0.1) is 17.8 Å². The third-order valence-electron chi connectivity index (χ3n) is 5.62. The van der Waals surface area contributed by atoms with Crippen LogP contribution >= 0.6 is 0 Å². The fourth-order valence-electron chi connectivity index (χ4n) is 4.34. The number of carboxylic acid groups (broad SMARTS) is 1. The molecule has 0 radical (unpaired) electrons. The molecule has 0 bridgehead atoms. The Balaban J connectivity index is 1.66. The highest BCUT2D eigenvalue weighted by Gasteiger charge is 2.35. The van der Waals surface area contributed by atoms with E-state index in [2.05, 4.69) is 12.7 Å². The Labute approximate surface area is 126 Å². The summed E-state index contributed by atoms with van der Waals surface area (Å²) >= 11 is 0. The number of rotatable bonds is 3. The Bertz CT molecular complexity index is 517. The number of benzene rings is 1. The monoisotopic (exact) mass is 284 g/mol. The number of hydrogen-bond acceptors (Lipinski definition) is 1. The molecule has 0 saturated heterocycles. The normalized spacial score (nSPS) is 32.2. The number of carboxylic acids is 1. The molecule has 4 unspecified atom stereocenters. The summed E-state index contributed by atoms with van der Waals surface area (Å²) in [6.07, 6.45) is 9.96. The summed E-state index contributed by atoms with van der Waals surface area (Å²) in [6.45, 7) is 3.96. The van der Waals surface area contributed by atoms with Crippen LogP contribution < -0.4 is 0 Å². The molecule has 1 aromatic carbocycles. The maximum Gasteiger partial charge on any atom is 0.335 e. The minimum Gasteiger partial charge on any atom is -0.478 e. The van der Waals surface area contributed by atoms with E-state index in [9.17, 15) is 4.79 Å². The highest BCUT2D eigenvalue weighted by atomic mass is 16.4. The molecule has 2 nitrogen and oxygen atoms in total. The van der Waals surface area contributed by atoms with E-state index in [0.717, 1.165) is 17.8 Å². The number of aromatic carboxylic acids is 1. The quantitative estimate of drug-likeness (QED) is 0.804. The molecule has 0 spiro atoms. The van der Waals surface area contributed by atoms with Crippen LogP contribution in [0.15, 0.2) is 36.9 Å². The van der Waals surface area contributed by atoms with Crippen molar-refractivity contribution < 1.29 is 9.90 Å². The lowest BCUT2D eigenvalue weighted by Gasteiger charge is -2.41. The molecule has 4 atom stereocenters. The van der Waals surface area contributed by atoms with Gasteiger partial charge in [0.2, 0.25) is 0 Å². The molecule has 0 aliphatic heterocycles. The zero-order valence-electron chi connectivity index (χ0n) is 12.5. The topological polar surface area (TPSA) is 37.3 Å². The summed E-state index contributed by atoms with van der Waals surface area (Å²) in [4.78, 5) is 10.9. The van der Waals surface area contributed by atoms with Crippen LogP contribution in [-0.2, 0) is 0 Å². The summed E-state index contributed by atoms with van der Waals surface area (Å²) in [5.74, 6) is 2.26. The second-order valence-corrected chi connectivity index (χ2v) is 6.77.